The summed E-state index contributed by atoms with van der Waals surface area (Å²) < 4.78 is 0. The van der Waals surface area contributed by atoms with Gasteiger partial charge in [-0.15, -0.1) is 0 Å². The number of benzene rings is 8. The molecule has 230 valence electrons. The van der Waals surface area contributed by atoms with Crippen LogP contribution in [0.4, 0.5) is 17.2 Å². The fourth-order valence-corrected chi connectivity index (χ4v) is 7.23. The van der Waals surface area contributed by atoms with E-state index in [4.69, 9.17) is 4.98 Å². The lowest BCUT2D eigenvalue weighted by atomic mass is 9.85. The fourth-order valence-electron chi connectivity index (χ4n) is 7.23. The Morgan fingerprint density at radius 3 is 1.57 bits per heavy atom. The van der Waals surface area contributed by atoms with Crippen LogP contribution in [0.3, 0.4) is 0 Å². The van der Waals surface area contributed by atoms with Gasteiger partial charge in [-0.3, -0.25) is 4.90 Å². The van der Waals surface area contributed by atoms with E-state index >= 15 is 0 Å². The molecule has 8 aromatic carbocycles. The SMILES string of the molecule is c1ccc(-c2cccc(N(c3ccc(-c4c5ccccc5c(-c5ccc6ccccc6c5)c5ccccc45)cc3)c3ccccn3)c2)cc1. The number of anilines is 3. The molecule has 0 aliphatic heterocycles. The Morgan fingerprint density at radius 2 is 0.898 bits per heavy atom. The predicted molar refractivity (Wildman–Crippen MR) is 208 cm³/mol. The van der Waals surface area contributed by atoms with E-state index in [0.717, 1.165) is 17.2 Å². The van der Waals surface area contributed by atoms with E-state index in [1.807, 2.05) is 18.3 Å². The zero-order valence-electron chi connectivity index (χ0n) is 26.9. The van der Waals surface area contributed by atoms with Crippen LogP contribution in [0.5, 0.6) is 0 Å². The van der Waals surface area contributed by atoms with Gasteiger partial charge in [-0.2, -0.15) is 0 Å². The summed E-state index contributed by atoms with van der Waals surface area (Å²) in [6, 6.07) is 67.4. The van der Waals surface area contributed by atoms with Crippen LogP contribution in [-0.2, 0) is 0 Å². The molecule has 2 heteroatoms. The summed E-state index contributed by atoms with van der Waals surface area (Å²) in [4.78, 5) is 7.01. The standard InChI is InChI=1S/C47H32N2/c1-2-13-33(14-3-1)37-17-12-18-40(32-37)49(45-23-10-11-30-48-45)39-28-26-35(27-29-39)46-41-19-6-8-21-43(41)47(44-22-9-7-20-42(44)46)38-25-24-34-15-4-5-16-36(34)31-38/h1-32H. The molecule has 49 heavy (non-hydrogen) atoms. The predicted octanol–water partition coefficient (Wildman–Crippen LogP) is 13.0. The highest BCUT2D eigenvalue weighted by molar-refractivity contribution is 6.21. The van der Waals surface area contributed by atoms with Crippen molar-refractivity contribution in [3.8, 4) is 33.4 Å². The highest BCUT2D eigenvalue weighted by atomic mass is 15.2. The highest BCUT2D eigenvalue weighted by Gasteiger charge is 2.18. The minimum absolute atomic E-state index is 0.871. The van der Waals surface area contributed by atoms with E-state index in [1.54, 1.807) is 0 Å². The zero-order valence-corrected chi connectivity index (χ0v) is 26.9. The van der Waals surface area contributed by atoms with Crippen molar-refractivity contribution < 1.29 is 0 Å². The van der Waals surface area contributed by atoms with Gasteiger partial charge in [-0.05, 0) is 108 Å². The number of nitrogens with zero attached hydrogens (tertiary/aromatic N) is 2. The number of hydrogen-bond acceptors (Lipinski definition) is 2. The third kappa shape index (κ3) is 5.21. The van der Waals surface area contributed by atoms with Crippen molar-refractivity contribution in [3.05, 3.63) is 194 Å². The largest absolute Gasteiger partial charge is 0.295 e. The van der Waals surface area contributed by atoms with Gasteiger partial charge in [0.1, 0.15) is 5.82 Å². The normalized spacial score (nSPS) is 11.3. The van der Waals surface area contributed by atoms with Crippen molar-refractivity contribution in [1.29, 1.82) is 0 Å². The number of pyridine rings is 1. The van der Waals surface area contributed by atoms with Gasteiger partial charge in [-0.25, -0.2) is 4.98 Å². The molecule has 0 saturated heterocycles. The van der Waals surface area contributed by atoms with Gasteiger partial charge in [0.25, 0.3) is 0 Å². The molecule has 0 unspecified atom stereocenters. The average Bonchev–Trinajstić information content (AvgIpc) is 3.18. The van der Waals surface area contributed by atoms with Gasteiger partial charge in [-0.1, -0.05) is 146 Å². The first kappa shape index (κ1) is 28.7. The number of hydrogen-bond donors (Lipinski definition) is 0. The zero-order chi connectivity index (χ0) is 32.6. The van der Waals surface area contributed by atoms with Crippen molar-refractivity contribution in [1.82, 2.24) is 4.98 Å². The first-order chi connectivity index (χ1) is 24.3. The van der Waals surface area contributed by atoms with Crippen molar-refractivity contribution in [2.45, 2.75) is 0 Å². The Balaban J connectivity index is 1.20. The minimum atomic E-state index is 0.871. The molecule has 0 atom stereocenters. The molecule has 0 bridgehead atoms. The van der Waals surface area contributed by atoms with Crippen molar-refractivity contribution in [3.63, 3.8) is 0 Å². The van der Waals surface area contributed by atoms with Crippen LogP contribution in [0, 0.1) is 0 Å². The van der Waals surface area contributed by atoms with Gasteiger partial charge < -0.3 is 0 Å². The summed E-state index contributed by atoms with van der Waals surface area (Å²) in [5.41, 5.74) is 9.40. The Bertz CT molecular complexity index is 2530. The molecule has 0 amide bonds. The molecule has 9 aromatic rings. The van der Waals surface area contributed by atoms with Crippen molar-refractivity contribution >= 4 is 49.5 Å². The van der Waals surface area contributed by atoms with Gasteiger partial charge in [0.2, 0.25) is 0 Å². The smallest absolute Gasteiger partial charge is 0.137 e. The summed E-state index contributed by atoms with van der Waals surface area (Å²) in [6.07, 6.45) is 1.85. The molecule has 1 aromatic heterocycles. The molecular formula is C47H32N2. The molecule has 9 rings (SSSR count). The van der Waals surface area contributed by atoms with Gasteiger partial charge >= 0.3 is 0 Å². The third-order valence-corrected chi connectivity index (χ3v) is 9.47. The second-order valence-corrected chi connectivity index (χ2v) is 12.4. The molecule has 0 fully saturated rings. The average molecular weight is 625 g/mol. The summed E-state index contributed by atoms with van der Waals surface area (Å²) in [5, 5.41) is 7.50. The van der Waals surface area contributed by atoms with Gasteiger partial charge in [0.15, 0.2) is 0 Å². The lowest BCUT2D eigenvalue weighted by Gasteiger charge is -2.25. The topological polar surface area (TPSA) is 16.1 Å². The van der Waals surface area contributed by atoms with Crippen LogP contribution in [0.1, 0.15) is 0 Å². The molecule has 2 nitrogen and oxygen atoms in total. The van der Waals surface area contributed by atoms with E-state index in [1.165, 1.54) is 65.7 Å². The molecule has 0 radical (unpaired) electrons. The molecule has 0 saturated carbocycles. The van der Waals surface area contributed by atoms with Crippen LogP contribution in [0.15, 0.2) is 194 Å². The summed E-state index contributed by atoms with van der Waals surface area (Å²) in [7, 11) is 0. The van der Waals surface area contributed by atoms with Gasteiger partial charge in [0.05, 0.1) is 0 Å². The number of rotatable bonds is 6. The second-order valence-electron chi connectivity index (χ2n) is 12.4. The second kappa shape index (κ2) is 12.3. The minimum Gasteiger partial charge on any atom is -0.295 e. The van der Waals surface area contributed by atoms with Crippen LogP contribution in [-0.4, -0.2) is 4.98 Å². The fraction of sp³-hybridized carbons (Fsp3) is 0. The van der Waals surface area contributed by atoms with Crippen molar-refractivity contribution in [2.24, 2.45) is 0 Å². The van der Waals surface area contributed by atoms with Crippen LogP contribution >= 0.6 is 0 Å². The molecule has 0 spiro atoms. The maximum atomic E-state index is 4.78. The summed E-state index contributed by atoms with van der Waals surface area (Å²) in [5.74, 6) is 0.871. The highest BCUT2D eigenvalue weighted by Crippen LogP contribution is 2.45. The Hall–Kier alpha value is -6.51. The molecular weight excluding hydrogens is 593 g/mol. The maximum Gasteiger partial charge on any atom is 0.137 e. The van der Waals surface area contributed by atoms with E-state index in [0.29, 0.717) is 0 Å². The third-order valence-electron chi connectivity index (χ3n) is 9.47. The lowest BCUT2D eigenvalue weighted by Crippen LogP contribution is -2.11. The molecule has 1 heterocycles. The van der Waals surface area contributed by atoms with Crippen LogP contribution < -0.4 is 4.90 Å². The van der Waals surface area contributed by atoms with E-state index in [-0.39, 0.29) is 0 Å². The lowest BCUT2D eigenvalue weighted by molar-refractivity contribution is 1.18. The first-order valence-electron chi connectivity index (χ1n) is 16.7. The molecule has 0 aliphatic carbocycles. The van der Waals surface area contributed by atoms with E-state index < -0.39 is 0 Å². The summed E-state index contributed by atoms with van der Waals surface area (Å²) >= 11 is 0. The Kier molecular flexibility index (Phi) is 7.18. The molecule has 0 aliphatic rings. The monoisotopic (exact) mass is 624 g/mol. The van der Waals surface area contributed by atoms with E-state index in [2.05, 4.69) is 181 Å². The number of aromatic nitrogens is 1. The quantitative estimate of drug-likeness (QED) is 0.171. The van der Waals surface area contributed by atoms with Crippen LogP contribution in [0.25, 0.3) is 65.7 Å². The van der Waals surface area contributed by atoms with Crippen molar-refractivity contribution in [2.75, 3.05) is 4.90 Å². The van der Waals surface area contributed by atoms with Crippen LogP contribution in [0.2, 0.25) is 0 Å². The van der Waals surface area contributed by atoms with Gasteiger partial charge in [0, 0.05) is 17.6 Å². The summed E-state index contributed by atoms with van der Waals surface area (Å²) in [6.45, 7) is 0. The Labute approximate surface area is 286 Å². The maximum absolute atomic E-state index is 4.78. The number of fused-ring (bicyclic) bond motifs is 3. The first-order valence-corrected chi connectivity index (χ1v) is 16.7. The molecule has 0 N–H and O–H groups in total. The van der Waals surface area contributed by atoms with E-state index in [9.17, 15) is 0 Å². The Morgan fingerprint density at radius 1 is 0.327 bits per heavy atom.